The molecule has 128 valence electrons. The summed E-state index contributed by atoms with van der Waals surface area (Å²) in [6.45, 7) is 0.124. The number of amides is 1. The van der Waals surface area contributed by atoms with Gasteiger partial charge in [-0.1, -0.05) is 42.5 Å². The van der Waals surface area contributed by atoms with Crippen LogP contribution in [0.2, 0.25) is 0 Å². The predicted molar refractivity (Wildman–Crippen MR) is 92.0 cm³/mol. The van der Waals surface area contributed by atoms with Gasteiger partial charge in [0.2, 0.25) is 0 Å². The number of aromatic nitrogens is 2. The molecular weight excluding hydrogens is 321 g/mol. The number of carbonyl (C=O) groups excluding carboxylic acids is 1. The third-order valence-electron chi connectivity index (χ3n) is 3.76. The summed E-state index contributed by atoms with van der Waals surface area (Å²) in [5, 5.41) is 16.7. The molecule has 0 saturated heterocycles. The van der Waals surface area contributed by atoms with Gasteiger partial charge in [0.15, 0.2) is 0 Å². The average Bonchev–Trinajstić information content (AvgIpc) is 3.11. The lowest BCUT2D eigenvalue weighted by Crippen LogP contribution is -2.33. The number of benzene rings is 2. The highest BCUT2D eigenvalue weighted by molar-refractivity contribution is 5.93. The zero-order valence-electron chi connectivity index (χ0n) is 13.5. The third-order valence-corrected chi connectivity index (χ3v) is 3.76. The fourth-order valence-electron chi connectivity index (χ4n) is 2.48. The molecule has 0 aliphatic heterocycles. The summed E-state index contributed by atoms with van der Waals surface area (Å²) in [4.78, 5) is 12.2. The van der Waals surface area contributed by atoms with Crippen LogP contribution in [0.15, 0.2) is 67.0 Å². The van der Waals surface area contributed by atoms with Crippen LogP contribution < -0.4 is 5.32 Å². The van der Waals surface area contributed by atoms with Gasteiger partial charge in [-0.05, 0) is 17.7 Å². The summed E-state index contributed by atoms with van der Waals surface area (Å²) in [6, 6.07) is 15.7. The van der Waals surface area contributed by atoms with Gasteiger partial charge in [-0.25, -0.2) is 9.07 Å². The normalized spacial score (nSPS) is 11.9. The van der Waals surface area contributed by atoms with Crippen molar-refractivity contribution in [2.24, 2.45) is 0 Å². The van der Waals surface area contributed by atoms with Crippen molar-refractivity contribution in [3.63, 3.8) is 0 Å². The molecule has 2 aromatic carbocycles. The van der Waals surface area contributed by atoms with Crippen LogP contribution in [0.3, 0.4) is 0 Å². The molecule has 25 heavy (non-hydrogen) atoms. The molecule has 1 amide bonds. The molecule has 0 fully saturated rings. The second kappa shape index (κ2) is 7.72. The Hall–Kier alpha value is -2.99. The smallest absolute Gasteiger partial charge is 0.254 e. The van der Waals surface area contributed by atoms with Crippen molar-refractivity contribution in [3.05, 3.63) is 83.9 Å². The average molecular weight is 339 g/mol. The molecule has 5 nitrogen and oxygen atoms in total. The van der Waals surface area contributed by atoms with Crippen LogP contribution in [0, 0.1) is 5.82 Å². The molecule has 0 aliphatic carbocycles. The van der Waals surface area contributed by atoms with Crippen LogP contribution in [-0.2, 0) is 6.42 Å². The first-order valence-electron chi connectivity index (χ1n) is 7.93. The molecule has 3 rings (SSSR count). The Labute approximate surface area is 144 Å². The second-order valence-corrected chi connectivity index (χ2v) is 5.68. The maximum Gasteiger partial charge on any atom is 0.254 e. The fourth-order valence-corrected chi connectivity index (χ4v) is 2.48. The lowest BCUT2D eigenvalue weighted by Gasteiger charge is -2.11. The van der Waals surface area contributed by atoms with E-state index in [2.05, 4.69) is 10.4 Å². The zero-order valence-corrected chi connectivity index (χ0v) is 13.5. The number of rotatable bonds is 6. The topological polar surface area (TPSA) is 67.2 Å². The van der Waals surface area contributed by atoms with E-state index in [1.165, 1.54) is 23.1 Å². The molecule has 0 bridgehead atoms. The van der Waals surface area contributed by atoms with Crippen molar-refractivity contribution in [3.8, 4) is 5.69 Å². The standard InChI is InChI=1S/C19H18FN3O2/c20-17-8-4-5-9-18(17)23-13-15(11-22-23)19(25)21-12-16(24)10-14-6-2-1-3-7-14/h1-9,11,13,16,24H,10,12H2,(H,21,25). The second-order valence-electron chi connectivity index (χ2n) is 5.68. The summed E-state index contributed by atoms with van der Waals surface area (Å²) in [6.07, 6.45) is 2.59. The number of carbonyl (C=O) groups is 1. The molecule has 0 spiro atoms. The van der Waals surface area contributed by atoms with Gasteiger partial charge in [0.05, 0.1) is 17.9 Å². The van der Waals surface area contributed by atoms with Gasteiger partial charge in [0.25, 0.3) is 5.91 Å². The predicted octanol–water partition coefficient (Wildman–Crippen LogP) is 2.34. The van der Waals surface area contributed by atoms with Gasteiger partial charge >= 0.3 is 0 Å². The first-order valence-corrected chi connectivity index (χ1v) is 7.93. The number of hydrogen-bond acceptors (Lipinski definition) is 3. The van der Waals surface area contributed by atoms with Gasteiger partial charge in [0.1, 0.15) is 11.5 Å². The summed E-state index contributed by atoms with van der Waals surface area (Å²) in [5.41, 5.74) is 1.57. The maximum absolute atomic E-state index is 13.8. The number of para-hydroxylation sites is 1. The molecule has 0 aliphatic rings. The van der Waals surface area contributed by atoms with Crippen LogP contribution in [-0.4, -0.2) is 33.4 Å². The molecule has 1 unspecified atom stereocenters. The van der Waals surface area contributed by atoms with Crippen LogP contribution in [0.1, 0.15) is 15.9 Å². The van der Waals surface area contributed by atoms with E-state index in [0.29, 0.717) is 12.0 Å². The minimum atomic E-state index is -0.687. The molecule has 0 saturated carbocycles. The first-order chi connectivity index (χ1) is 12.1. The van der Waals surface area contributed by atoms with E-state index in [4.69, 9.17) is 0 Å². The zero-order chi connectivity index (χ0) is 17.6. The monoisotopic (exact) mass is 339 g/mol. The Morgan fingerprint density at radius 1 is 1.16 bits per heavy atom. The van der Waals surface area contributed by atoms with Gasteiger partial charge in [-0.2, -0.15) is 5.10 Å². The van der Waals surface area contributed by atoms with Gasteiger partial charge in [0, 0.05) is 19.2 Å². The summed E-state index contributed by atoms with van der Waals surface area (Å²) < 4.78 is 15.1. The Kier molecular flexibility index (Phi) is 5.20. The minimum Gasteiger partial charge on any atom is -0.391 e. The van der Waals surface area contributed by atoms with Crippen LogP contribution in [0.4, 0.5) is 4.39 Å². The highest BCUT2D eigenvalue weighted by Crippen LogP contribution is 2.12. The Morgan fingerprint density at radius 3 is 2.64 bits per heavy atom. The van der Waals surface area contributed by atoms with Crippen LogP contribution in [0.5, 0.6) is 0 Å². The molecule has 1 aromatic heterocycles. The van der Waals surface area contributed by atoms with E-state index in [9.17, 15) is 14.3 Å². The number of nitrogens with one attached hydrogen (secondary N) is 1. The van der Waals surface area contributed by atoms with Crippen LogP contribution >= 0.6 is 0 Å². The Bertz CT molecular complexity index is 849. The molecular formula is C19H18FN3O2. The molecule has 1 heterocycles. The molecule has 1 atom stereocenters. The number of hydrogen-bond donors (Lipinski definition) is 2. The Morgan fingerprint density at radius 2 is 1.88 bits per heavy atom. The number of aliphatic hydroxyl groups excluding tert-OH is 1. The van der Waals surface area contributed by atoms with E-state index in [1.807, 2.05) is 30.3 Å². The summed E-state index contributed by atoms with van der Waals surface area (Å²) in [7, 11) is 0. The quantitative estimate of drug-likeness (QED) is 0.724. The highest BCUT2D eigenvalue weighted by atomic mass is 19.1. The largest absolute Gasteiger partial charge is 0.391 e. The Balaban J connectivity index is 1.58. The number of nitrogens with zero attached hydrogens (tertiary/aromatic N) is 2. The summed E-state index contributed by atoms with van der Waals surface area (Å²) >= 11 is 0. The van der Waals surface area contributed by atoms with E-state index in [1.54, 1.807) is 18.2 Å². The SMILES string of the molecule is O=C(NCC(O)Cc1ccccc1)c1cnn(-c2ccccc2F)c1. The molecule has 0 radical (unpaired) electrons. The maximum atomic E-state index is 13.8. The molecule has 2 N–H and O–H groups in total. The van der Waals surface area contributed by atoms with Crippen LogP contribution in [0.25, 0.3) is 5.69 Å². The van der Waals surface area contributed by atoms with Gasteiger partial charge < -0.3 is 10.4 Å². The number of halogens is 1. The highest BCUT2D eigenvalue weighted by Gasteiger charge is 2.13. The lowest BCUT2D eigenvalue weighted by atomic mass is 10.1. The van der Waals surface area contributed by atoms with Crippen molar-refractivity contribution in [2.75, 3.05) is 6.54 Å². The summed E-state index contributed by atoms with van der Waals surface area (Å²) in [5.74, 6) is -0.787. The lowest BCUT2D eigenvalue weighted by molar-refractivity contribution is 0.0916. The fraction of sp³-hybridized carbons (Fsp3) is 0.158. The van der Waals surface area contributed by atoms with E-state index in [-0.39, 0.29) is 18.1 Å². The molecule has 6 heteroatoms. The number of aliphatic hydroxyl groups is 1. The van der Waals surface area contributed by atoms with Gasteiger partial charge in [-0.15, -0.1) is 0 Å². The van der Waals surface area contributed by atoms with Crippen molar-refractivity contribution < 1.29 is 14.3 Å². The minimum absolute atomic E-state index is 0.124. The third kappa shape index (κ3) is 4.30. The van der Waals surface area contributed by atoms with E-state index in [0.717, 1.165) is 5.56 Å². The van der Waals surface area contributed by atoms with E-state index >= 15 is 0 Å². The molecule has 3 aromatic rings. The van der Waals surface area contributed by atoms with Crippen molar-refractivity contribution >= 4 is 5.91 Å². The van der Waals surface area contributed by atoms with E-state index < -0.39 is 11.9 Å². The van der Waals surface area contributed by atoms with Crippen molar-refractivity contribution in [1.29, 1.82) is 0 Å². The van der Waals surface area contributed by atoms with Crippen molar-refractivity contribution in [1.82, 2.24) is 15.1 Å². The first kappa shape index (κ1) is 16.9. The van der Waals surface area contributed by atoms with Crippen molar-refractivity contribution in [2.45, 2.75) is 12.5 Å². The van der Waals surface area contributed by atoms with Gasteiger partial charge in [-0.3, -0.25) is 4.79 Å².